The molecule has 0 radical (unpaired) electrons. The van der Waals surface area contributed by atoms with Crippen LogP contribution in [-0.4, -0.2) is 40.0 Å². The monoisotopic (exact) mass is 481 g/mol. The van der Waals surface area contributed by atoms with Crippen LogP contribution in [-0.2, 0) is 11.2 Å². The number of hydrogen-bond acceptors (Lipinski definition) is 5. The Morgan fingerprint density at radius 3 is 2.72 bits per heavy atom. The molecule has 0 bridgehead atoms. The van der Waals surface area contributed by atoms with Gasteiger partial charge >= 0.3 is 0 Å². The van der Waals surface area contributed by atoms with Crippen molar-refractivity contribution in [2.75, 3.05) is 13.2 Å². The predicted molar refractivity (Wildman–Crippen MR) is 135 cm³/mol. The van der Waals surface area contributed by atoms with E-state index in [-0.39, 0.29) is 11.6 Å². The zero-order chi connectivity index (χ0) is 24.6. The summed E-state index contributed by atoms with van der Waals surface area (Å²) in [5, 5.41) is 12.3. The second-order valence-corrected chi connectivity index (χ2v) is 8.89. The van der Waals surface area contributed by atoms with Crippen LogP contribution in [0.2, 0.25) is 0 Å². The molecule has 6 rings (SSSR count). The molecule has 1 N–H and O–H groups in total. The highest BCUT2D eigenvalue weighted by atomic mass is 16.6. The van der Waals surface area contributed by atoms with Gasteiger partial charge in [-0.2, -0.15) is 0 Å². The van der Waals surface area contributed by atoms with Crippen LogP contribution in [0.1, 0.15) is 22.9 Å². The summed E-state index contributed by atoms with van der Waals surface area (Å²) < 4.78 is 12.4. The van der Waals surface area contributed by atoms with Gasteiger partial charge in [0, 0.05) is 41.4 Å². The minimum atomic E-state index is -0.449. The standard InChI is InChI=1S/C28H23N3O5/c32-26(13-12-18-6-5-7-19(16-18)31(33)34)30-15-14-21-20-8-1-2-9-22(20)29-27(21)28(30)25-17-35-23-10-3-4-11-24(23)36-25/h1-13,16,25,28-29H,14-15,17H2. The van der Waals surface area contributed by atoms with E-state index in [0.29, 0.717) is 36.6 Å². The molecule has 4 aromatic rings. The van der Waals surface area contributed by atoms with Crippen LogP contribution in [0, 0.1) is 10.1 Å². The molecule has 1 aromatic heterocycles. The van der Waals surface area contributed by atoms with Crippen molar-refractivity contribution in [3.8, 4) is 11.5 Å². The van der Waals surface area contributed by atoms with Crippen LogP contribution in [0.3, 0.4) is 0 Å². The van der Waals surface area contributed by atoms with E-state index in [1.54, 1.807) is 23.1 Å². The zero-order valence-electron chi connectivity index (χ0n) is 19.3. The van der Waals surface area contributed by atoms with E-state index in [1.165, 1.54) is 23.8 Å². The molecule has 0 spiro atoms. The summed E-state index contributed by atoms with van der Waals surface area (Å²) in [4.78, 5) is 29.5. The molecule has 3 heterocycles. The van der Waals surface area contributed by atoms with Gasteiger partial charge in [-0.1, -0.05) is 42.5 Å². The Morgan fingerprint density at radius 2 is 1.86 bits per heavy atom. The smallest absolute Gasteiger partial charge is 0.270 e. The highest BCUT2D eigenvalue weighted by Gasteiger charge is 2.41. The molecule has 1 amide bonds. The third-order valence-corrected chi connectivity index (χ3v) is 6.75. The SMILES string of the molecule is O=C(C=Cc1cccc([N+](=O)[O-])c1)N1CCc2c([nH]c3ccccc23)C1C1COc2ccccc2O1. The van der Waals surface area contributed by atoms with E-state index in [4.69, 9.17) is 9.47 Å². The third kappa shape index (κ3) is 3.86. The van der Waals surface area contributed by atoms with E-state index in [1.807, 2.05) is 42.5 Å². The molecule has 8 heteroatoms. The minimum Gasteiger partial charge on any atom is -0.486 e. The maximum Gasteiger partial charge on any atom is 0.270 e. The van der Waals surface area contributed by atoms with Crippen LogP contribution >= 0.6 is 0 Å². The number of para-hydroxylation sites is 3. The number of ether oxygens (including phenoxy) is 2. The Kier molecular flexibility index (Phi) is 5.41. The van der Waals surface area contributed by atoms with Crippen LogP contribution in [0.15, 0.2) is 78.9 Å². The molecule has 2 unspecified atom stereocenters. The number of fused-ring (bicyclic) bond motifs is 4. The average molecular weight is 482 g/mol. The molecule has 0 fully saturated rings. The molecule has 3 aromatic carbocycles. The van der Waals surface area contributed by atoms with Crippen molar-refractivity contribution in [2.45, 2.75) is 18.6 Å². The summed E-state index contributed by atoms with van der Waals surface area (Å²) in [6, 6.07) is 21.5. The quantitative estimate of drug-likeness (QED) is 0.250. The summed E-state index contributed by atoms with van der Waals surface area (Å²) in [5.41, 5.74) is 3.72. The lowest BCUT2D eigenvalue weighted by molar-refractivity contribution is -0.384. The van der Waals surface area contributed by atoms with E-state index >= 15 is 0 Å². The molecule has 0 aliphatic carbocycles. The number of rotatable bonds is 4. The van der Waals surface area contributed by atoms with Crippen molar-refractivity contribution in [2.24, 2.45) is 0 Å². The summed E-state index contributed by atoms with van der Waals surface area (Å²) in [5.74, 6) is 1.14. The maximum absolute atomic E-state index is 13.5. The Labute approximate surface area is 206 Å². The number of nitrogens with zero attached hydrogens (tertiary/aromatic N) is 2. The first-order valence-corrected chi connectivity index (χ1v) is 11.8. The fourth-order valence-corrected chi connectivity index (χ4v) is 5.10. The highest BCUT2D eigenvalue weighted by Crippen LogP contribution is 2.41. The number of hydrogen-bond donors (Lipinski definition) is 1. The molecule has 8 nitrogen and oxygen atoms in total. The fraction of sp³-hybridized carbons (Fsp3) is 0.179. The number of amides is 1. The molecule has 180 valence electrons. The van der Waals surface area contributed by atoms with Crippen molar-refractivity contribution in [1.82, 2.24) is 9.88 Å². The molecule has 2 aliphatic heterocycles. The predicted octanol–water partition coefficient (Wildman–Crippen LogP) is 5.06. The number of aromatic amines is 1. The number of aromatic nitrogens is 1. The van der Waals surface area contributed by atoms with Gasteiger partial charge in [0.25, 0.3) is 5.69 Å². The lowest BCUT2D eigenvalue weighted by Gasteiger charge is -2.41. The van der Waals surface area contributed by atoms with Gasteiger partial charge in [-0.25, -0.2) is 0 Å². The lowest BCUT2D eigenvalue weighted by atomic mass is 9.93. The largest absolute Gasteiger partial charge is 0.486 e. The normalized spacial score (nSPS) is 18.8. The zero-order valence-corrected chi connectivity index (χ0v) is 19.3. The van der Waals surface area contributed by atoms with Crippen LogP contribution in [0.5, 0.6) is 11.5 Å². The highest BCUT2D eigenvalue weighted by molar-refractivity contribution is 5.93. The topological polar surface area (TPSA) is 97.7 Å². The number of carbonyl (C=O) groups is 1. The summed E-state index contributed by atoms with van der Waals surface area (Å²) in [7, 11) is 0. The number of benzene rings is 3. The van der Waals surface area contributed by atoms with Crippen LogP contribution in [0.25, 0.3) is 17.0 Å². The van der Waals surface area contributed by atoms with E-state index < -0.39 is 17.1 Å². The number of nitrogens with one attached hydrogen (secondary N) is 1. The van der Waals surface area contributed by atoms with Gasteiger partial charge in [-0.05, 0) is 41.8 Å². The fourth-order valence-electron chi connectivity index (χ4n) is 5.10. The molecule has 2 aliphatic rings. The second kappa shape index (κ2) is 8.88. The Bertz CT molecular complexity index is 1510. The third-order valence-electron chi connectivity index (χ3n) is 6.75. The van der Waals surface area contributed by atoms with Gasteiger partial charge in [0.1, 0.15) is 12.6 Å². The van der Waals surface area contributed by atoms with Gasteiger partial charge in [-0.3, -0.25) is 14.9 Å². The van der Waals surface area contributed by atoms with Gasteiger partial charge in [0.05, 0.1) is 4.92 Å². The number of nitro groups is 1. The van der Waals surface area contributed by atoms with Crippen molar-refractivity contribution in [1.29, 1.82) is 0 Å². The second-order valence-electron chi connectivity index (χ2n) is 8.89. The van der Waals surface area contributed by atoms with Crippen molar-refractivity contribution in [3.05, 3.63) is 106 Å². The van der Waals surface area contributed by atoms with E-state index in [9.17, 15) is 14.9 Å². The van der Waals surface area contributed by atoms with Gasteiger partial charge < -0.3 is 19.4 Å². The number of nitro benzene ring substituents is 1. The molecular formula is C28H23N3O5. The van der Waals surface area contributed by atoms with Gasteiger partial charge in [0.2, 0.25) is 5.91 Å². The summed E-state index contributed by atoms with van der Waals surface area (Å²) in [6.45, 7) is 0.813. The Morgan fingerprint density at radius 1 is 1.06 bits per heavy atom. The van der Waals surface area contributed by atoms with Crippen molar-refractivity contribution < 1.29 is 19.2 Å². The van der Waals surface area contributed by atoms with Crippen LogP contribution in [0.4, 0.5) is 5.69 Å². The minimum absolute atomic E-state index is 0.0189. The van der Waals surface area contributed by atoms with Crippen molar-refractivity contribution >= 4 is 28.6 Å². The van der Waals surface area contributed by atoms with Gasteiger partial charge in [-0.15, -0.1) is 0 Å². The molecule has 0 saturated carbocycles. The molecular weight excluding hydrogens is 458 g/mol. The number of H-pyrrole nitrogens is 1. The van der Waals surface area contributed by atoms with E-state index in [0.717, 1.165) is 16.6 Å². The summed E-state index contributed by atoms with van der Waals surface area (Å²) in [6.07, 6.45) is 3.37. The summed E-state index contributed by atoms with van der Waals surface area (Å²) >= 11 is 0. The Balaban J connectivity index is 1.36. The van der Waals surface area contributed by atoms with Crippen LogP contribution < -0.4 is 9.47 Å². The first-order chi connectivity index (χ1) is 17.6. The van der Waals surface area contributed by atoms with Crippen molar-refractivity contribution in [3.63, 3.8) is 0 Å². The molecule has 36 heavy (non-hydrogen) atoms. The first-order valence-electron chi connectivity index (χ1n) is 11.8. The van der Waals surface area contributed by atoms with E-state index in [2.05, 4.69) is 11.1 Å². The average Bonchev–Trinajstić information content (AvgIpc) is 3.30. The lowest BCUT2D eigenvalue weighted by Crippen LogP contribution is -2.49. The Hall–Kier alpha value is -4.59. The molecule has 0 saturated heterocycles. The first kappa shape index (κ1) is 21.9. The van der Waals surface area contributed by atoms with Gasteiger partial charge in [0.15, 0.2) is 17.6 Å². The maximum atomic E-state index is 13.5. The number of carbonyl (C=O) groups excluding carboxylic acids is 1. The number of non-ortho nitro benzene ring substituents is 1. The molecule has 2 atom stereocenters.